The number of benzene rings is 4. The number of hydrogen-bond acceptors (Lipinski definition) is 6. The van der Waals surface area contributed by atoms with E-state index >= 15 is 0 Å². The summed E-state index contributed by atoms with van der Waals surface area (Å²) in [6, 6.07) is 33.3. The first-order chi connectivity index (χ1) is 19.2. The molecule has 0 bridgehead atoms. The number of hydrogen-bond donors (Lipinski definition) is 0. The van der Waals surface area contributed by atoms with Crippen molar-refractivity contribution < 1.29 is 16.8 Å². The van der Waals surface area contributed by atoms with E-state index in [0.29, 0.717) is 11.1 Å². The Kier molecular flexibility index (Phi) is 8.56. The zero-order chi connectivity index (χ0) is 28.6. The van der Waals surface area contributed by atoms with Gasteiger partial charge in [-0.15, -0.1) is 0 Å². The monoisotopic (exact) mass is 562 g/mol. The highest BCUT2D eigenvalue weighted by molar-refractivity contribution is 7.96. The molecule has 0 saturated carbocycles. The highest BCUT2D eigenvalue weighted by Gasteiger charge is 2.21. The van der Waals surface area contributed by atoms with Crippen LogP contribution in [-0.2, 0) is 19.7 Å². The Morgan fingerprint density at radius 1 is 0.475 bits per heavy atom. The van der Waals surface area contributed by atoms with Crippen molar-refractivity contribution in [1.29, 1.82) is 10.5 Å². The molecular weight excluding hydrogens is 540 g/mol. The van der Waals surface area contributed by atoms with Crippen LogP contribution >= 0.6 is 0 Å². The molecule has 0 amide bonds. The van der Waals surface area contributed by atoms with E-state index in [9.17, 15) is 27.4 Å². The maximum Gasteiger partial charge on any atom is 0.216 e. The summed E-state index contributed by atoms with van der Waals surface area (Å²) in [5.41, 5.74) is 2.85. The molecule has 0 aliphatic heterocycles. The van der Waals surface area contributed by atoms with Crippen LogP contribution in [0.2, 0.25) is 0 Å². The van der Waals surface area contributed by atoms with Crippen LogP contribution in [0, 0.1) is 22.7 Å². The average Bonchev–Trinajstić information content (AvgIpc) is 2.99. The number of sulfone groups is 2. The van der Waals surface area contributed by atoms with Gasteiger partial charge in [0.05, 0.1) is 9.79 Å². The van der Waals surface area contributed by atoms with Crippen LogP contribution in [0.25, 0.3) is 24.3 Å². The quantitative estimate of drug-likeness (QED) is 0.178. The van der Waals surface area contributed by atoms with E-state index in [1.165, 1.54) is 36.4 Å². The van der Waals surface area contributed by atoms with Gasteiger partial charge in [0.1, 0.15) is 21.9 Å². The molecule has 6 nitrogen and oxygen atoms in total. The molecule has 0 radical (unpaired) electrons. The summed E-state index contributed by atoms with van der Waals surface area (Å²) in [4.78, 5) is -0.560. The molecule has 40 heavy (non-hydrogen) atoms. The molecule has 4 aromatic carbocycles. The Morgan fingerprint density at radius 2 is 0.775 bits per heavy atom. The summed E-state index contributed by atoms with van der Waals surface area (Å²) >= 11 is 0. The van der Waals surface area contributed by atoms with Crippen LogP contribution in [0.4, 0.5) is 0 Å². The summed E-state index contributed by atoms with van der Waals surface area (Å²) < 4.78 is 51.0. The van der Waals surface area contributed by atoms with E-state index in [0.717, 1.165) is 11.1 Å². The van der Waals surface area contributed by atoms with Crippen molar-refractivity contribution >= 4 is 44.0 Å². The first kappa shape index (κ1) is 28.0. The lowest BCUT2D eigenvalue weighted by atomic mass is 10.1. The van der Waals surface area contributed by atoms with Crippen molar-refractivity contribution in [3.63, 3.8) is 0 Å². The lowest BCUT2D eigenvalue weighted by Gasteiger charge is -2.03. The molecule has 0 aliphatic rings. The molecule has 4 rings (SSSR count). The summed E-state index contributed by atoms with van der Waals surface area (Å²) in [6.45, 7) is 0. The molecule has 0 heterocycles. The number of nitrogens with zero attached hydrogens (tertiary/aromatic N) is 2. The van der Waals surface area contributed by atoms with Crippen molar-refractivity contribution in [2.75, 3.05) is 0 Å². The Labute approximate surface area is 233 Å². The van der Waals surface area contributed by atoms with Gasteiger partial charge in [0, 0.05) is 0 Å². The maximum absolute atomic E-state index is 12.8. The second-order valence-corrected chi connectivity index (χ2v) is 12.4. The fourth-order valence-corrected chi connectivity index (χ4v) is 6.06. The largest absolute Gasteiger partial charge is 0.218 e. The van der Waals surface area contributed by atoms with E-state index in [2.05, 4.69) is 0 Å². The molecule has 0 unspecified atom stereocenters. The van der Waals surface area contributed by atoms with Crippen LogP contribution in [-0.4, -0.2) is 16.8 Å². The minimum atomic E-state index is -3.91. The van der Waals surface area contributed by atoms with Gasteiger partial charge in [0.15, 0.2) is 0 Å². The third-order valence-electron chi connectivity index (χ3n) is 5.84. The molecule has 0 N–H and O–H groups in total. The van der Waals surface area contributed by atoms with Gasteiger partial charge < -0.3 is 0 Å². The van der Waals surface area contributed by atoms with Crippen LogP contribution in [0.1, 0.15) is 22.3 Å². The smallest absolute Gasteiger partial charge is 0.216 e. The lowest BCUT2D eigenvalue weighted by molar-refractivity contribution is 0.601. The van der Waals surface area contributed by atoms with E-state index in [4.69, 9.17) is 0 Å². The Bertz CT molecular complexity index is 1750. The third kappa shape index (κ3) is 6.51. The van der Waals surface area contributed by atoms with Gasteiger partial charge in [-0.1, -0.05) is 97.1 Å². The number of rotatable bonds is 8. The Morgan fingerprint density at radius 3 is 1.07 bits per heavy atom. The SMILES string of the molecule is N#CC(=Cc1ccc(C=Cc2ccc(C=C(C#N)S(=O)(=O)c3ccccc3)cc2)cc1)S(=O)(=O)c1ccccc1. The normalized spacial score (nSPS) is 12.6. The van der Waals surface area contributed by atoms with Crippen molar-refractivity contribution in [2.45, 2.75) is 9.79 Å². The first-order valence-electron chi connectivity index (χ1n) is 12.0. The van der Waals surface area contributed by atoms with Gasteiger partial charge in [-0.05, 0) is 58.7 Å². The maximum atomic E-state index is 12.8. The van der Waals surface area contributed by atoms with Gasteiger partial charge in [0.2, 0.25) is 19.7 Å². The van der Waals surface area contributed by atoms with Crippen LogP contribution < -0.4 is 0 Å². The Hall–Kier alpha value is -5.02. The van der Waals surface area contributed by atoms with Gasteiger partial charge in [-0.3, -0.25) is 0 Å². The molecular formula is C32H22N2O4S2. The van der Waals surface area contributed by atoms with Crippen LogP contribution in [0.5, 0.6) is 0 Å². The topological polar surface area (TPSA) is 116 Å². The molecule has 0 aromatic heterocycles. The molecule has 0 aliphatic carbocycles. The van der Waals surface area contributed by atoms with Crippen molar-refractivity contribution in [2.24, 2.45) is 0 Å². The van der Waals surface area contributed by atoms with E-state index in [-0.39, 0.29) is 19.6 Å². The highest BCUT2D eigenvalue weighted by Crippen LogP contribution is 2.23. The zero-order valence-electron chi connectivity index (χ0n) is 21.0. The van der Waals surface area contributed by atoms with Gasteiger partial charge in [-0.2, -0.15) is 10.5 Å². The predicted molar refractivity (Wildman–Crippen MR) is 156 cm³/mol. The Balaban J connectivity index is 1.48. The molecule has 4 aromatic rings. The standard InChI is InChI=1S/C32H22N2O4S2/c33-23-31(39(35,36)29-7-3-1-4-8-29)21-27-17-13-25(14-18-27)11-12-26-15-19-28(20-16-26)22-32(24-34)40(37,38)30-9-5-2-6-10-30/h1-22H. The molecule has 0 atom stereocenters. The molecule has 0 spiro atoms. The second-order valence-electron chi connectivity index (χ2n) is 8.54. The van der Waals surface area contributed by atoms with E-state index in [1.54, 1.807) is 97.1 Å². The van der Waals surface area contributed by atoms with Gasteiger partial charge in [0.25, 0.3) is 0 Å². The zero-order valence-corrected chi connectivity index (χ0v) is 22.7. The third-order valence-corrected chi connectivity index (χ3v) is 9.20. The molecule has 0 saturated heterocycles. The predicted octanol–water partition coefficient (Wildman–Crippen LogP) is 6.53. The first-order valence-corrected chi connectivity index (χ1v) is 14.9. The molecule has 8 heteroatoms. The molecule has 196 valence electrons. The summed E-state index contributed by atoms with van der Waals surface area (Å²) in [5.74, 6) is 0. The van der Waals surface area contributed by atoms with E-state index < -0.39 is 19.7 Å². The van der Waals surface area contributed by atoms with Gasteiger partial charge >= 0.3 is 0 Å². The highest BCUT2D eigenvalue weighted by atomic mass is 32.2. The fourth-order valence-electron chi connectivity index (χ4n) is 3.70. The average molecular weight is 563 g/mol. The second kappa shape index (κ2) is 12.2. The van der Waals surface area contributed by atoms with Crippen molar-refractivity contribution in [3.05, 3.63) is 141 Å². The lowest BCUT2D eigenvalue weighted by Crippen LogP contribution is -2.03. The summed E-state index contributed by atoms with van der Waals surface area (Å²) in [7, 11) is -7.82. The molecule has 0 fully saturated rings. The number of allylic oxidation sites excluding steroid dienone is 2. The minimum absolute atomic E-state index is 0.0607. The fraction of sp³-hybridized carbons (Fsp3) is 0. The van der Waals surface area contributed by atoms with Crippen molar-refractivity contribution in [1.82, 2.24) is 0 Å². The summed E-state index contributed by atoms with van der Waals surface area (Å²) in [5, 5.41) is 18.9. The minimum Gasteiger partial charge on any atom is -0.218 e. The van der Waals surface area contributed by atoms with Crippen LogP contribution in [0.3, 0.4) is 0 Å². The summed E-state index contributed by atoms with van der Waals surface area (Å²) in [6.07, 6.45) is 6.42. The van der Waals surface area contributed by atoms with E-state index in [1.807, 2.05) is 12.2 Å². The van der Waals surface area contributed by atoms with Crippen molar-refractivity contribution in [3.8, 4) is 12.1 Å². The van der Waals surface area contributed by atoms with Crippen LogP contribution in [0.15, 0.2) is 129 Å². The van der Waals surface area contributed by atoms with Gasteiger partial charge in [-0.25, -0.2) is 16.8 Å². The number of nitriles is 2.